The summed E-state index contributed by atoms with van der Waals surface area (Å²) in [5.74, 6) is 7.50. The van der Waals surface area contributed by atoms with Crippen LogP contribution in [0.25, 0.3) is 24.3 Å². The van der Waals surface area contributed by atoms with E-state index in [4.69, 9.17) is 79.1 Å². The third kappa shape index (κ3) is 36.8. The van der Waals surface area contributed by atoms with E-state index in [1.54, 1.807) is 91.0 Å². The Kier molecular flexibility index (Phi) is 36.3. The summed E-state index contributed by atoms with van der Waals surface area (Å²) in [6, 6.07) is 41.6. The van der Waals surface area contributed by atoms with Gasteiger partial charge in [-0.25, -0.2) is 33.7 Å². The lowest BCUT2D eigenvalue weighted by atomic mass is 9.89. The van der Waals surface area contributed by atoms with E-state index in [1.807, 2.05) is 156 Å². The van der Waals surface area contributed by atoms with Gasteiger partial charge in [0.05, 0.1) is 64.0 Å². The van der Waals surface area contributed by atoms with Crippen molar-refractivity contribution >= 4 is 157 Å². The number of hydrogen-bond acceptors (Lipinski definition) is 19. The standard InChI is InChI=1S/C15H22BNO4S.C14H20BNO2.C9H12BNO4S.C9H11NO2S.C8H9NO3S.C8H7N.C6H13BO2.CH2Cl2/c1-14(2)15(3,4)21-16(20-14)11-10-12-6-8-13(9-7-12)17-22(5,18)19;1-13(2)14(3,4)18-15(17-13)10-9-11-5-7-12(16)8-6-11;1-16(14,15)11-9-4-2-8(3-5-9)6-7-10(12)13;1-3-8-4-6-9(7-5-8)10-13(2,11)12;1-13(11,12)9-8-4-2-7(6-10)3-5-8;1-2-7-3-5-8(9)6-4-7;1-5(2)6(3,4)9-7-8-5;2-1-3/h6-11,17H,1-5H3;5-10H,16H2,1-4H3;2-7,11-13H,1H3;3-7,10H,1H2,2H3;2-6,9H,1H3;1,3-6H,9H2;7H,1-4H3;1H2/b11-10+;10-9+;7-6+;;;;;. The first-order valence-corrected chi connectivity index (χ1v) is 40.1. The zero-order chi connectivity index (χ0) is 78.5. The smallest absolute Gasteiger partial charge is 0.424 e. The molecule has 3 heterocycles. The molecular weight excluding hydrogens is 1440 g/mol. The van der Waals surface area contributed by atoms with Crippen LogP contribution in [0.5, 0.6) is 0 Å². The van der Waals surface area contributed by atoms with Crippen LogP contribution in [0.4, 0.5) is 34.1 Å². The monoisotopic (exact) mass is 1530 g/mol. The van der Waals surface area contributed by atoms with Gasteiger partial charge in [-0.3, -0.25) is 23.7 Å². The summed E-state index contributed by atoms with van der Waals surface area (Å²) in [6.45, 7) is 28.0. The van der Waals surface area contributed by atoms with Crippen LogP contribution in [0.3, 0.4) is 0 Å². The average molecular weight is 1540 g/mol. The van der Waals surface area contributed by atoms with Crippen LogP contribution in [0.15, 0.2) is 170 Å². The molecule has 0 atom stereocenters. The van der Waals surface area contributed by atoms with Gasteiger partial charge in [0, 0.05) is 45.3 Å². The molecule has 0 saturated carbocycles. The van der Waals surface area contributed by atoms with Crippen molar-refractivity contribution in [3.05, 3.63) is 203 Å². The van der Waals surface area contributed by atoms with E-state index in [0.29, 0.717) is 42.3 Å². The number of aldehydes is 1. The maximum atomic E-state index is 11.1. The number of hydrogen-bond donors (Lipinski definition) is 8. The van der Waals surface area contributed by atoms with Crippen LogP contribution in [-0.2, 0) is 68.0 Å². The molecular formula is C70H96B4Cl2N6O17S4. The van der Waals surface area contributed by atoms with Crippen molar-refractivity contribution in [2.45, 2.75) is 117 Å². The quantitative estimate of drug-likeness (QED) is 0.0147. The number of rotatable bonds is 16. The van der Waals surface area contributed by atoms with Gasteiger partial charge in [-0.15, -0.1) is 29.6 Å². The molecule has 6 aromatic carbocycles. The fourth-order valence-corrected chi connectivity index (χ4v) is 10.1. The highest BCUT2D eigenvalue weighted by molar-refractivity contribution is 7.92. The highest BCUT2D eigenvalue weighted by Crippen LogP contribution is 2.38. The summed E-state index contributed by atoms with van der Waals surface area (Å²) < 4.78 is 131. The van der Waals surface area contributed by atoms with E-state index in [1.165, 1.54) is 24.2 Å². The van der Waals surface area contributed by atoms with E-state index in [2.05, 4.69) is 31.4 Å². The first kappa shape index (κ1) is 91.7. The van der Waals surface area contributed by atoms with Gasteiger partial charge >= 0.3 is 29.0 Å². The fourth-order valence-electron chi connectivity index (χ4n) is 7.87. The third-order valence-electron chi connectivity index (χ3n) is 15.4. The lowest BCUT2D eigenvalue weighted by Crippen LogP contribution is -2.41. The Morgan fingerprint density at radius 3 is 0.951 bits per heavy atom. The molecule has 10 N–H and O–H groups in total. The molecule has 3 aliphatic heterocycles. The van der Waals surface area contributed by atoms with Crippen molar-refractivity contribution in [1.29, 1.82) is 0 Å². The maximum Gasteiger partial charge on any atom is 0.487 e. The summed E-state index contributed by atoms with van der Waals surface area (Å²) in [6.07, 6.45) is 17.3. The first-order valence-electron chi connectivity index (χ1n) is 31.5. The maximum absolute atomic E-state index is 11.1. The number of carbonyl (C=O) groups excluding carboxylic acids is 1. The van der Waals surface area contributed by atoms with Crippen molar-refractivity contribution in [2.75, 3.05) is 60.7 Å². The van der Waals surface area contributed by atoms with Gasteiger partial charge in [-0.1, -0.05) is 103 Å². The molecule has 9 rings (SSSR count). The summed E-state index contributed by atoms with van der Waals surface area (Å²) in [4.78, 5) is 10.3. The SMILES string of the molecule is C#Cc1ccc(N)cc1.C=Cc1ccc(NS(C)(=O)=O)cc1.CC1(C)OB(/C=C/c2ccc(N)cc2)OC1(C)C.CC1(C)OB(/C=C/c2ccc(NS(C)(=O)=O)cc2)OC1(C)C.CC1(C)OBOC1(C)C.CS(=O)(=O)Nc1ccc(/C=C/B(O)O)cc1.CS(=O)(=O)Nc1ccc(C=O)cc1.ClCCl. The van der Waals surface area contributed by atoms with Gasteiger partial charge in [-0.05, 0) is 202 Å². The Balaban J connectivity index is 0.000000413. The Hall–Kier alpha value is -7.37. The number of benzene rings is 6. The Labute approximate surface area is 622 Å². The van der Waals surface area contributed by atoms with E-state index < -0.39 is 47.2 Å². The number of halogens is 2. The van der Waals surface area contributed by atoms with Crippen LogP contribution in [0, 0.1) is 12.3 Å². The lowest BCUT2D eigenvalue weighted by molar-refractivity contribution is 0.00578. The molecule has 33 heteroatoms. The van der Waals surface area contributed by atoms with Crippen molar-refractivity contribution in [3.63, 3.8) is 0 Å². The predicted molar refractivity (Wildman–Crippen MR) is 428 cm³/mol. The van der Waals surface area contributed by atoms with E-state index in [-0.39, 0.29) is 53.2 Å². The van der Waals surface area contributed by atoms with E-state index in [9.17, 15) is 38.5 Å². The summed E-state index contributed by atoms with van der Waals surface area (Å²) in [7, 11) is -14.7. The Morgan fingerprint density at radius 2 is 0.718 bits per heavy atom. The highest BCUT2D eigenvalue weighted by Gasteiger charge is 2.51. The van der Waals surface area contributed by atoms with Crippen LogP contribution in [0.1, 0.15) is 121 Å². The second kappa shape index (κ2) is 40.8. The second-order valence-electron chi connectivity index (χ2n) is 26.0. The Morgan fingerprint density at radius 1 is 0.466 bits per heavy atom. The molecule has 3 aliphatic rings. The minimum atomic E-state index is -3.26. The molecule has 6 aromatic rings. The normalized spacial score (nSPS) is 16.2. The molecule has 0 spiro atoms. The van der Waals surface area contributed by atoms with Crippen LogP contribution >= 0.6 is 23.2 Å². The number of anilines is 6. The van der Waals surface area contributed by atoms with Gasteiger partial charge in [0.15, 0.2) is 0 Å². The number of alkyl halides is 2. The molecule has 0 aromatic heterocycles. The topological polar surface area (TPSA) is 350 Å². The summed E-state index contributed by atoms with van der Waals surface area (Å²) >= 11 is 9.53. The number of nitrogens with one attached hydrogen (secondary N) is 4. The molecule has 3 saturated heterocycles. The number of nitrogens with two attached hydrogens (primary N) is 2. The zero-order valence-corrected chi connectivity index (χ0v) is 65.7. The Bertz CT molecular complexity index is 4120. The second-order valence-corrected chi connectivity index (χ2v) is 33.8. The van der Waals surface area contributed by atoms with Crippen molar-refractivity contribution in [2.24, 2.45) is 0 Å². The third-order valence-corrected chi connectivity index (χ3v) is 17.9. The van der Waals surface area contributed by atoms with Crippen LogP contribution in [0.2, 0.25) is 0 Å². The molecule has 0 unspecified atom stereocenters. The number of sulfonamides is 4. The predicted octanol–water partition coefficient (Wildman–Crippen LogP) is 11.8. The number of terminal acetylenes is 1. The minimum Gasteiger partial charge on any atom is -0.424 e. The van der Waals surface area contributed by atoms with Crippen LogP contribution in [-0.4, -0.2) is 143 Å². The van der Waals surface area contributed by atoms with Gasteiger partial charge in [-0.2, -0.15) is 0 Å². The van der Waals surface area contributed by atoms with E-state index in [0.717, 1.165) is 64.2 Å². The summed E-state index contributed by atoms with van der Waals surface area (Å²) in [5.41, 5.74) is 18.1. The molecule has 0 radical (unpaired) electrons. The molecule has 558 valence electrons. The van der Waals surface area contributed by atoms with Crippen molar-refractivity contribution in [1.82, 2.24) is 0 Å². The lowest BCUT2D eigenvalue weighted by Gasteiger charge is -2.32. The molecule has 103 heavy (non-hydrogen) atoms. The minimum absolute atomic E-state index is 0.132. The number of carbonyl (C=O) groups is 1. The van der Waals surface area contributed by atoms with Crippen molar-refractivity contribution in [3.8, 4) is 12.3 Å². The average Bonchev–Trinajstić information content (AvgIpc) is 1.65. The molecule has 0 bridgehead atoms. The van der Waals surface area contributed by atoms with Gasteiger partial charge < -0.3 is 49.4 Å². The van der Waals surface area contributed by atoms with Gasteiger partial charge in [0.25, 0.3) is 0 Å². The zero-order valence-electron chi connectivity index (χ0n) is 61.0. The molecule has 0 amide bonds. The van der Waals surface area contributed by atoms with Crippen LogP contribution < -0.4 is 30.4 Å². The number of nitrogen functional groups attached to an aromatic ring is 2. The first-order chi connectivity index (χ1) is 47.4. The van der Waals surface area contributed by atoms with Gasteiger partial charge in [0.2, 0.25) is 40.1 Å². The largest absolute Gasteiger partial charge is 0.487 e. The molecule has 0 aliphatic carbocycles. The fraction of sp³-hybridized carbons (Fsp3) is 0.329. The van der Waals surface area contributed by atoms with Crippen molar-refractivity contribution < 1.29 is 76.4 Å². The van der Waals surface area contributed by atoms with Gasteiger partial charge in [0.1, 0.15) is 6.29 Å². The van der Waals surface area contributed by atoms with E-state index >= 15 is 0 Å². The summed E-state index contributed by atoms with van der Waals surface area (Å²) in [5, 5.41) is 17.4. The highest BCUT2D eigenvalue weighted by atomic mass is 35.5. The molecule has 23 nitrogen and oxygen atoms in total. The molecule has 3 fully saturated rings.